The Morgan fingerprint density at radius 2 is 2.50 bits per heavy atom. The molecule has 1 aliphatic rings. The van der Waals surface area contributed by atoms with Crippen LogP contribution in [0.1, 0.15) is 6.92 Å². The van der Waals surface area contributed by atoms with Crippen molar-refractivity contribution in [2.45, 2.75) is 23.3 Å². The molecule has 0 bridgehead atoms. The third-order valence-electron chi connectivity index (χ3n) is 2.56. The van der Waals surface area contributed by atoms with E-state index in [1.54, 1.807) is 6.20 Å². The van der Waals surface area contributed by atoms with E-state index in [9.17, 15) is 4.79 Å². The molecule has 18 heavy (non-hydrogen) atoms. The standard InChI is InChI=1S/C12H16N2O2S2/c1-9(12(15)10-8-13-6-7-16-10)17-18-11-4-2-3-5-14-11/h2-5,9-10,13H,6-8H2,1H3. The number of rotatable bonds is 5. The first-order chi connectivity index (χ1) is 8.77. The predicted octanol–water partition coefficient (Wildman–Crippen LogP) is 1.77. The van der Waals surface area contributed by atoms with Gasteiger partial charge < -0.3 is 10.1 Å². The first kappa shape index (κ1) is 13.9. The molecule has 1 aromatic heterocycles. The maximum absolute atomic E-state index is 12.1. The van der Waals surface area contributed by atoms with Crippen LogP contribution in [0.2, 0.25) is 0 Å². The van der Waals surface area contributed by atoms with Crippen molar-refractivity contribution in [2.75, 3.05) is 19.7 Å². The van der Waals surface area contributed by atoms with Gasteiger partial charge in [-0.3, -0.25) is 4.79 Å². The molecular formula is C12H16N2O2S2. The second-order valence-electron chi connectivity index (χ2n) is 3.96. The summed E-state index contributed by atoms with van der Waals surface area (Å²) in [4.78, 5) is 16.3. The summed E-state index contributed by atoms with van der Waals surface area (Å²) < 4.78 is 5.46. The van der Waals surface area contributed by atoms with Crippen LogP contribution in [0.25, 0.3) is 0 Å². The van der Waals surface area contributed by atoms with Crippen LogP contribution in [0, 0.1) is 0 Å². The Morgan fingerprint density at radius 1 is 1.61 bits per heavy atom. The van der Waals surface area contributed by atoms with Gasteiger partial charge in [-0.05, 0) is 29.9 Å². The molecular weight excluding hydrogens is 268 g/mol. The van der Waals surface area contributed by atoms with Crippen LogP contribution in [0.15, 0.2) is 29.4 Å². The van der Waals surface area contributed by atoms with Gasteiger partial charge in [0.05, 0.1) is 11.9 Å². The second kappa shape index (κ2) is 7.13. The molecule has 0 aromatic carbocycles. The highest BCUT2D eigenvalue weighted by Gasteiger charge is 2.26. The number of carbonyl (C=O) groups excluding carboxylic acids is 1. The molecule has 6 heteroatoms. The minimum atomic E-state index is -0.300. The zero-order chi connectivity index (χ0) is 12.8. The van der Waals surface area contributed by atoms with Crippen LogP contribution >= 0.6 is 21.6 Å². The van der Waals surface area contributed by atoms with E-state index < -0.39 is 0 Å². The maximum atomic E-state index is 12.1. The number of ketones is 1. The third kappa shape index (κ3) is 3.98. The fourth-order valence-corrected chi connectivity index (χ4v) is 3.61. The zero-order valence-electron chi connectivity index (χ0n) is 10.2. The molecule has 0 radical (unpaired) electrons. The van der Waals surface area contributed by atoms with Crippen LogP contribution in [0.3, 0.4) is 0 Å². The molecule has 0 amide bonds. The van der Waals surface area contributed by atoms with E-state index in [2.05, 4.69) is 10.3 Å². The minimum Gasteiger partial charge on any atom is -0.368 e. The van der Waals surface area contributed by atoms with Crippen LogP contribution in [-0.2, 0) is 9.53 Å². The SMILES string of the molecule is CC(SSc1ccccn1)C(=O)C1CNCCO1. The molecule has 2 unspecified atom stereocenters. The van der Waals surface area contributed by atoms with Gasteiger partial charge in [0, 0.05) is 19.3 Å². The van der Waals surface area contributed by atoms with Crippen molar-refractivity contribution < 1.29 is 9.53 Å². The molecule has 4 nitrogen and oxygen atoms in total. The van der Waals surface area contributed by atoms with Gasteiger partial charge in [0.2, 0.25) is 0 Å². The van der Waals surface area contributed by atoms with Gasteiger partial charge in [-0.15, -0.1) is 0 Å². The highest BCUT2D eigenvalue weighted by Crippen LogP contribution is 2.33. The number of nitrogens with one attached hydrogen (secondary N) is 1. The number of nitrogens with zero attached hydrogens (tertiary/aromatic N) is 1. The Bertz CT molecular complexity index is 383. The van der Waals surface area contributed by atoms with Crippen molar-refractivity contribution in [3.05, 3.63) is 24.4 Å². The number of Topliss-reactive ketones (excluding diaryl/α,β-unsaturated/α-hetero) is 1. The van der Waals surface area contributed by atoms with Gasteiger partial charge in [0.15, 0.2) is 5.78 Å². The Kier molecular flexibility index (Phi) is 5.49. The predicted molar refractivity (Wildman–Crippen MR) is 74.8 cm³/mol. The largest absolute Gasteiger partial charge is 0.368 e. The summed E-state index contributed by atoms with van der Waals surface area (Å²) in [6, 6.07) is 5.76. The van der Waals surface area contributed by atoms with E-state index in [1.807, 2.05) is 25.1 Å². The molecule has 1 N–H and O–H groups in total. The van der Waals surface area contributed by atoms with Gasteiger partial charge in [-0.25, -0.2) is 4.98 Å². The fraction of sp³-hybridized carbons (Fsp3) is 0.500. The first-order valence-electron chi connectivity index (χ1n) is 5.88. The number of aromatic nitrogens is 1. The highest BCUT2D eigenvalue weighted by molar-refractivity contribution is 8.77. The quantitative estimate of drug-likeness (QED) is 0.832. The normalized spacial score (nSPS) is 21.5. The number of hydrogen-bond acceptors (Lipinski definition) is 6. The van der Waals surface area contributed by atoms with Crippen LogP contribution < -0.4 is 5.32 Å². The average molecular weight is 284 g/mol. The molecule has 0 aliphatic carbocycles. The lowest BCUT2D eigenvalue weighted by atomic mass is 10.1. The van der Waals surface area contributed by atoms with Gasteiger partial charge in [0.25, 0.3) is 0 Å². The van der Waals surface area contributed by atoms with E-state index in [4.69, 9.17) is 4.74 Å². The Hall–Kier alpha value is -0.560. The van der Waals surface area contributed by atoms with Crippen molar-refractivity contribution in [3.8, 4) is 0 Å². The monoisotopic (exact) mass is 284 g/mol. The maximum Gasteiger partial charge on any atom is 0.176 e. The van der Waals surface area contributed by atoms with Gasteiger partial charge >= 0.3 is 0 Å². The van der Waals surface area contributed by atoms with E-state index >= 15 is 0 Å². The van der Waals surface area contributed by atoms with Gasteiger partial charge in [0.1, 0.15) is 11.1 Å². The number of pyridine rings is 1. The molecule has 98 valence electrons. The summed E-state index contributed by atoms with van der Waals surface area (Å²) in [5.41, 5.74) is 0. The number of morpholine rings is 1. The molecule has 1 fully saturated rings. The minimum absolute atomic E-state index is 0.0955. The Balaban J connectivity index is 1.80. The summed E-state index contributed by atoms with van der Waals surface area (Å²) in [5, 5.41) is 4.00. The topological polar surface area (TPSA) is 51.2 Å². The fourth-order valence-electron chi connectivity index (χ4n) is 1.58. The molecule has 2 heterocycles. The van der Waals surface area contributed by atoms with E-state index in [0.717, 1.165) is 11.6 Å². The van der Waals surface area contributed by atoms with Crippen LogP contribution in [-0.4, -0.2) is 41.8 Å². The lowest BCUT2D eigenvalue weighted by Gasteiger charge is -2.24. The molecule has 0 saturated carbocycles. The van der Waals surface area contributed by atoms with Crippen molar-refractivity contribution >= 4 is 27.4 Å². The lowest BCUT2D eigenvalue weighted by Crippen LogP contribution is -2.45. The number of hydrogen-bond donors (Lipinski definition) is 1. The first-order valence-corrected chi connectivity index (χ1v) is 8.09. The van der Waals surface area contributed by atoms with Gasteiger partial charge in [-0.1, -0.05) is 16.9 Å². The summed E-state index contributed by atoms with van der Waals surface area (Å²) in [7, 11) is 3.06. The molecule has 1 saturated heterocycles. The summed E-state index contributed by atoms with van der Waals surface area (Å²) in [6.45, 7) is 3.98. The zero-order valence-corrected chi connectivity index (χ0v) is 11.8. The van der Waals surface area contributed by atoms with Crippen molar-refractivity contribution in [1.29, 1.82) is 0 Å². The van der Waals surface area contributed by atoms with Crippen molar-refractivity contribution in [2.24, 2.45) is 0 Å². The lowest BCUT2D eigenvalue weighted by molar-refractivity contribution is -0.131. The molecule has 2 atom stereocenters. The summed E-state index contributed by atoms with van der Waals surface area (Å²) in [5.74, 6) is 0.149. The van der Waals surface area contributed by atoms with E-state index in [-0.39, 0.29) is 17.1 Å². The average Bonchev–Trinajstić information content (AvgIpc) is 2.46. The number of carbonyl (C=O) groups is 1. The van der Waals surface area contributed by atoms with E-state index in [0.29, 0.717) is 13.2 Å². The molecule has 1 aromatic rings. The van der Waals surface area contributed by atoms with Gasteiger partial charge in [-0.2, -0.15) is 0 Å². The summed E-state index contributed by atoms with van der Waals surface area (Å²) >= 11 is 0. The molecule has 1 aliphatic heterocycles. The molecule has 2 rings (SSSR count). The highest BCUT2D eigenvalue weighted by atomic mass is 33.1. The second-order valence-corrected chi connectivity index (χ2v) is 6.52. The van der Waals surface area contributed by atoms with E-state index in [1.165, 1.54) is 21.6 Å². The number of ether oxygens (including phenoxy) is 1. The van der Waals surface area contributed by atoms with Crippen LogP contribution in [0.5, 0.6) is 0 Å². The third-order valence-corrected chi connectivity index (χ3v) is 5.26. The summed E-state index contributed by atoms with van der Waals surface area (Å²) in [6.07, 6.45) is 1.45. The van der Waals surface area contributed by atoms with Crippen molar-refractivity contribution in [1.82, 2.24) is 10.3 Å². The Labute approximate surface area is 115 Å². The Morgan fingerprint density at radius 3 is 3.17 bits per heavy atom. The van der Waals surface area contributed by atoms with Crippen molar-refractivity contribution in [3.63, 3.8) is 0 Å². The van der Waals surface area contributed by atoms with Crippen LogP contribution in [0.4, 0.5) is 0 Å². The molecule has 0 spiro atoms. The smallest absolute Gasteiger partial charge is 0.176 e.